The van der Waals surface area contributed by atoms with E-state index in [4.69, 9.17) is 10.5 Å². The highest BCUT2D eigenvalue weighted by Gasteiger charge is 2.21. The molecule has 7 nitrogen and oxygen atoms in total. The Morgan fingerprint density at radius 1 is 1.42 bits per heavy atom. The van der Waals surface area contributed by atoms with Crippen LogP contribution in [0, 0.1) is 0 Å². The minimum absolute atomic E-state index is 0.140. The van der Waals surface area contributed by atoms with Gasteiger partial charge < -0.3 is 10.5 Å². The molecule has 2 aromatic heterocycles. The van der Waals surface area contributed by atoms with Crippen LogP contribution in [0.5, 0.6) is 5.75 Å². The predicted octanol–water partition coefficient (Wildman–Crippen LogP) is 2.04. The SMILES string of the molecule is COc1cccc(-c2ncc(CN3CCc4nc(N)[nH]c(=O)c4C3)s2)c1. The molecular weight excluding hydrogens is 350 g/mol. The zero-order chi connectivity index (χ0) is 18.1. The number of ether oxygens (including phenoxy) is 1. The lowest BCUT2D eigenvalue weighted by atomic mass is 10.1. The van der Waals surface area contributed by atoms with E-state index in [0.29, 0.717) is 12.1 Å². The van der Waals surface area contributed by atoms with Crippen molar-refractivity contribution in [1.82, 2.24) is 19.9 Å². The summed E-state index contributed by atoms with van der Waals surface area (Å²) in [7, 11) is 1.66. The maximum absolute atomic E-state index is 12.1. The first-order valence-electron chi connectivity index (χ1n) is 8.31. The van der Waals surface area contributed by atoms with Gasteiger partial charge in [-0.25, -0.2) is 9.97 Å². The zero-order valence-electron chi connectivity index (χ0n) is 14.4. The van der Waals surface area contributed by atoms with E-state index in [-0.39, 0.29) is 11.5 Å². The number of rotatable bonds is 4. The number of nitrogen functional groups attached to an aromatic ring is 1. The normalized spacial score (nSPS) is 14.2. The number of nitrogens with zero attached hydrogens (tertiary/aromatic N) is 3. The Labute approximate surface area is 154 Å². The lowest BCUT2D eigenvalue weighted by Gasteiger charge is -2.26. The summed E-state index contributed by atoms with van der Waals surface area (Å²) in [5.41, 5.74) is 8.05. The van der Waals surface area contributed by atoms with Crippen LogP contribution in [0.1, 0.15) is 16.1 Å². The number of anilines is 1. The molecule has 3 N–H and O–H groups in total. The van der Waals surface area contributed by atoms with E-state index in [9.17, 15) is 4.79 Å². The summed E-state index contributed by atoms with van der Waals surface area (Å²) < 4.78 is 5.28. The van der Waals surface area contributed by atoms with E-state index >= 15 is 0 Å². The van der Waals surface area contributed by atoms with Gasteiger partial charge in [0.25, 0.3) is 5.56 Å². The van der Waals surface area contributed by atoms with Crippen molar-refractivity contribution in [3.05, 3.63) is 57.0 Å². The van der Waals surface area contributed by atoms with Gasteiger partial charge in [0.15, 0.2) is 0 Å². The predicted molar refractivity (Wildman–Crippen MR) is 101 cm³/mol. The fraction of sp³-hybridized carbons (Fsp3) is 0.278. The second-order valence-electron chi connectivity index (χ2n) is 6.20. The van der Waals surface area contributed by atoms with E-state index < -0.39 is 0 Å². The highest BCUT2D eigenvalue weighted by molar-refractivity contribution is 7.15. The molecule has 0 aliphatic carbocycles. The largest absolute Gasteiger partial charge is 0.497 e. The van der Waals surface area contributed by atoms with Crippen LogP contribution in [0.4, 0.5) is 5.95 Å². The van der Waals surface area contributed by atoms with Crippen LogP contribution in [-0.4, -0.2) is 33.5 Å². The van der Waals surface area contributed by atoms with Crippen LogP contribution in [-0.2, 0) is 19.5 Å². The van der Waals surface area contributed by atoms with Crippen molar-refractivity contribution in [3.63, 3.8) is 0 Å². The van der Waals surface area contributed by atoms with Gasteiger partial charge in [0, 0.05) is 42.7 Å². The first-order valence-corrected chi connectivity index (χ1v) is 9.13. The first kappa shape index (κ1) is 16.7. The molecule has 8 heteroatoms. The van der Waals surface area contributed by atoms with Crippen LogP contribution < -0.4 is 16.0 Å². The molecular formula is C18H19N5O2S. The number of hydrogen-bond donors (Lipinski definition) is 2. The Balaban J connectivity index is 1.50. The number of aromatic amines is 1. The molecule has 0 saturated carbocycles. The Bertz CT molecular complexity index is 997. The van der Waals surface area contributed by atoms with Gasteiger partial charge in [0.1, 0.15) is 10.8 Å². The zero-order valence-corrected chi connectivity index (χ0v) is 15.2. The van der Waals surface area contributed by atoms with Crippen molar-refractivity contribution >= 4 is 17.3 Å². The van der Waals surface area contributed by atoms with Gasteiger partial charge in [-0.15, -0.1) is 11.3 Å². The average Bonchev–Trinajstić information content (AvgIpc) is 3.11. The van der Waals surface area contributed by atoms with Crippen LogP contribution in [0.2, 0.25) is 0 Å². The highest BCUT2D eigenvalue weighted by atomic mass is 32.1. The molecule has 0 spiro atoms. The average molecular weight is 369 g/mol. The third kappa shape index (κ3) is 3.33. The molecule has 0 radical (unpaired) electrons. The molecule has 0 saturated heterocycles. The maximum Gasteiger partial charge on any atom is 0.257 e. The summed E-state index contributed by atoms with van der Waals surface area (Å²) in [4.78, 5) is 26.9. The molecule has 1 aromatic carbocycles. The number of methoxy groups -OCH3 is 1. The number of benzene rings is 1. The summed E-state index contributed by atoms with van der Waals surface area (Å²) in [6.45, 7) is 2.17. The van der Waals surface area contributed by atoms with E-state index in [1.807, 2.05) is 30.5 Å². The minimum Gasteiger partial charge on any atom is -0.497 e. The van der Waals surface area contributed by atoms with Gasteiger partial charge in [0.2, 0.25) is 5.95 Å². The highest BCUT2D eigenvalue weighted by Crippen LogP contribution is 2.29. The molecule has 1 aliphatic heterocycles. The van der Waals surface area contributed by atoms with Crippen LogP contribution >= 0.6 is 11.3 Å². The molecule has 3 heterocycles. The van der Waals surface area contributed by atoms with Crippen molar-refractivity contribution in [2.24, 2.45) is 0 Å². The third-order valence-corrected chi connectivity index (χ3v) is 5.45. The molecule has 134 valence electrons. The standard InChI is InChI=1S/C18H19N5O2S/c1-25-12-4-2-3-11(7-12)17-20-8-13(26-17)9-23-6-5-15-14(10-23)16(24)22-18(19)21-15/h2-4,7-8H,5-6,9-10H2,1H3,(H3,19,21,22,24). The van der Waals surface area contributed by atoms with Gasteiger partial charge >= 0.3 is 0 Å². The minimum atomic E-state index is -0.140. The smallest absolute Gasteiger partial charge is 0.257 e. The Kier molecular flexibility index (Phi) is 4.44. The van der Waals surface area contributed by atoms with Crippen molar-refractivity contribution in [3.8, 4) is 16.3 Å². The van der Waals surface area contributed by atoms with Crippen molar-refractivity contribution in [2.75, 3.05) is 19.4 Å². The number of aromatic nitrogens is 3. The van der Waals surface area contributed by atoms with E-state index in [1.54, 1.807) is 18.4 Å². The molecule has 26 heavy (non-hydrogen) atoms. The van der Waals surface area contributed by atoms with E-state index in [2.05, 4.69) is 19.9 Å². The van der Waals surface area contributed by atoms with E-state index in [0.717, 1.165) is 46.4 Å². The number of hydrogen-bond acceptors (Lipinski definition) is 7. The van der Waals surface area contributed by atoms with Gasteiger partial charge in [0.05, 0.1) is 18.4 Å². The number of nitrogens with two attached hydrogens (primary N) is 1. The van der Waals surface area contributed by atoms with Crippen LogP contribution in [0.25, 0.3) is 10.6 Å². The molecule has 1 aliphatic rings. The van der Waals surface area contributed by atoms with Crippen molar-refractivity contribution in [2.45, 2.75) is 19.5 Å². The second-order valence-corrected chi connectivity index (χ2v) is 7.32. The first-order chi connectivity index (χ1) is 12.6. The monoisotopic (exact) mass is 369 g/mol. The van der Waals surface area contributed by atoms with Gasteiger partial charge in [-0.2, -0.15) is 0 Å². The molecule has 4 rings (SSSR count). The van der Waals surface area contributed by atoms with Crippen LogP contribution in [0.3, 0.4) is 0 Å². The van der Waals surface area contributed by atoms with Gasteiger partial charge in [-0.3, -0.25) is 14.7 Å². The summed E-state index contributed by atoms with van der Waals surface area (Å²) in [6, 6.07) is 7.89. The fourth-order valence-electron chi connectivity index (χ4n) is 3.13. The second kappa shape index (κ2) is 6.89. The molecule has 0 atom stereocenters. The molecule has 0 amide bonds. The number of H-pyrrole nitrogens is 1. The fourth-order valence-corrected chi connectivity index (χ4v) is 4.08. The molecule has 0 unspecified atom stereocenters. The Morgan fingerprint density at radius 2 is 2.31 bits per heavy atom. The van der Waals surface area contributed by atoms with Crippen molar-refractivity contribution in [1.29, 1.82) is 0 Å². The summed E-state index contributed by atoms with van der Waals surface area (Å²) in [5, 5.41) is 0.962. The quantitative estimate of drug-likeness (QED) is 0.730. The number of nitrogens with one attached hydrogen (secondary N) is 1. The molecule has 0 bridgehead atoms. The van der Waals surface area contributed by atoms with Gasteiger partial charge in [-0.1, -0.05) is 12.1 Å². The van der Waals surface area contributed by atoms with Crippen LogP contribution in [0.15, 0.2) is 35.3 Å². The Hall–Kier alpha value is -2.71. The summed E-state index contributed by atoms with van der Waals surface area (Å²) in [6.07, 6.45) is 2.63. The van der Waals surface area contributed by atoms with E-state index in [1.165, 1.54) is 0 Å². The van der Waals surface area contributed by atoms with Crippen molar-refractivity contribution < 1.29 is 4.74 Å². The number of thiazole rings is 1. The molecule has 0 fully saturated rings. The topological polar surface area (TPSA) is 97.1 Å². The third-order valence-electron chi connectivity index (χ3n) is 4.42. The summed E-state index contributed by atoms with van der Waals surface area (Å²) >= 11 is 1.66. The van der Waals surface area contributed by atoms with Gasteiger partial charge in [-0.05, 0) is 12.1 Å². The number of fused-ring (bicyclic) bond motifs is 1. The summed E-state index contributed by atoms with van der Waals surface area (Å²) in [5.74, 6) is 1.01. The Morgan fingerprint density at radius 3 is 3.15 bits per heavy atom. The maximum atomic E-state index is 12.1. The lowest BCUT2D eigenvalue weighted by molar-refractivity contribution is 0.244. The lowest BCUT2D eigenvalue weighted by Crippen LogP contribution is -2.35. The molecule has 3 aromatic rings.